The summed E-state index contributed by atoms with van der Waals surface area (Å²) in [5, 5.41) is 9.04. The van der Waals surface area contributed by atoms with E-state index in [0.29, 0.717) is 13.0 Å². The lowest BCUT2D eigenvalue weighted by Crippen LogP contribution is -2.42. The summed E-state index contributed by atoms with van der Waals surface area (Å²) >= 11 is 0. The summed E-state index contributed by atoms with van der Waals surface area (Å²) in [6, 6.07) is 2.10. The van der Waals surface area contributed by atoms with Crippen LogP contribution in [0.3, 0.4) is 0 Å². The van der Waals surface area contributed by atoms with Crippen LogP contribution in [-0.4, -0.2) is 37.1 Å². The molecule has 2 atom stereocenters. The highest BCUT2D eigenvalue weighted by Gasteiger charge is 2.34. The zero-order valence-electron chi connectivity index (χ0n) is 10.3. The highest BCUT2D eigenvalue weighted by molar-refractivity contribution is 5.84. The lowest BCUT2D eigenvalue weighted by Gasteiger charge is -2.27. The normalized spacial score (nSPS) is 23.5. The van der Waals surface area contributed by atoms with Gasteiger partial charge in [0.1, 0.15) is 5.41 Å². The average molecular weight is 224 g/mol. The maximum absolute atomic E-state index is 12.1. The van der Waals surface area contributed by atoms with Crippen molar-refractivity contribution in [3.63, 3.8) is 0 Å². The molecule has 4 nitrogen and oxygen atoms in total. The predicted molar refractivity (Wildman–Crippen MR) is 60.6 cm³/mol. The SMILES string of the molecule is CCC(C)(C#N)C(=O)N(C)CC1CCCO1. The van der Waals surface area contributed by atoms with Gasteiger partial charge >= 0.3 is 0 Å². The largest absolute Gasteiger partial charge is 0.376 e. The molecule has 0 aliphatic carbocycles. The van der Waals surface area contributed by atoms with Crippen molar-refractivity contribution in [3.8, 4) is 6.07 Å². The molecule has 1 aliphatic rings. The molecule has 1 aliphatic heterocycles. The number of nitriles is 1. The van der Waals surface area contributed by atoms with Crippen molar-refractivity contribution in [3.05, 3.63) is 0 Å². The third-order valence-electron chi connectivity index (χ3n) is 3.27. The van der Waals surface area contributed by atoms with Crippen LogP contribution in [0.4, 0.5) is 0 Å². The molecule has 1 rings (SSSR count). The first-order valence-corrected chi connectivity index (χ1v) is 5.82. The third-order valence-corrected chi connectivity index (χ3v) is 3.27. The van der Waals surface area contributed by atoms with Crippen LogP contribution >= 0.6 is 0 Å². The Hall–Kier alpha value is -1.08. The molecular weight excluding hydrogens is 204 g/mol. The van der Waals surface area contributed by atoms with Crippen molar-refractivity contribution in [1.82, 2.24) is 4.90 Å². The summed E-state index contributed by atoms with van der Waals surface area (Å²) < 4.78 is 5.48. The molecule has 1 heterocycles. The quantitative estimate of drug-likeness (QED) is 0.728. The molecule has 0 aromatic carbocycles. The number of likely N-dealkylation sites (N-methyl/N-ethyl adjacent to an activating group) is 1. The van der Waals surface area contributed by atoms with Crippen molar-refractivity contribution in [2.75, 3.05) is 20.2 Å². The molecule has 16 heavy (non-hydrogen) atoms. The Morgan fingerprint density at radius 1 is 1.69 bits per heavy atom. The molecule has 0 bridgehead atoms. The van der Waals surface area contributed by atoms with Gasteiger partial charge in [0.25, 0.3) is 0 Å². The second-order valence-electron chi connectivity index (χ2n) is 4.62. The molecule has 90 valence electrons. The average Bonchev–Trinajstić information content (AvgIpc) is 2.79. The minimum Gasteiger partial charge on any atom is -0.376 e. The molecule has 4 heteroatoms. The van der Waals surface area contributed by atoms with E-state index < -0.39 is 5.41 Å². The maximum Gasteiger partial charge on any atom is 0.242 e. The second-order valence-corrected chi connectivity index (χ2v) is 4.62. The van der Waals surface area contributed by atoms with Gasteiger partial charge in [0.2, 0.25) is 5.91 Å². The van der Waals surface area contributed by atoms with E-state index in [1.54, 1.807) is 18.9 Å². The smallest absolute Gasteiger partial charge is 0.242 e. The number of carbonyl (C=O) groups is 1. The number of ether oxygens (including phenoxy) is 1. The Balaban J connectivity index is 2.56. The highest BCUT2D eigenvalue weighted by atomic mass is 16.5. The van der Waals surface area contributed by atoms with E-state index in [1.807, 2.05) is 6.92 Å². The van der Waals surface area contributed by atoms with Crippen molar-refractivity contribution in [1.29, 1.82) is 5.26 Å². The molecule has 2 unspecified atom stereocenters. The molecular formula is C12H20N2O2. The Labute approximate surface area is 97.2 Å². The molecule has 0 spiro atoms. The van der Waals surface area contributed by atoms with E-state index in [0.717, 1.165) is 19.4 Å². The fourth-order valence-electron chi connectivity index (χ4n) is 1.88. The monoisotopic (exact) mass is 224 g/mol. The zero-order valence-corrected chi connectivity index (χ0v) is 10.3. The summed E-state index contributed by atoms with van der Waals surface area (Å²) in [4.78, 5) is 13.7. The summed E-state index contributed by atoms with van der Waals surface area (Å²) in [6.07, 6.45) is 2.76. The lowest BCUT2D eigenvalue weighted by atomic mass is 9.88. The third kappa shape index (κ3) is 2.73. The first kappa shape index (κ1) is 13.0. The van der Waals surface area contributed by atoms with E-state index in [4.69, 9.17) is 10.00 Å². The van der Waals surface area contributed by atoms with Crippen LogP contribution in [-0.2, 0) is 9.53 Å². The van der Waals surface area contributed by atoms with E-state index in [1.165, 1.54) is 0 Å². The fraction of sp³-hybridized carbons (Fsp3) is 0.833. The van der Waals surface area contributed by atoms with Crippen LogP contribution in [0.15, 0.2) is 0 Å². The number of hydrogen-bond acceptors (Lipinski definition) is 3. The van der Waals surface area contributed by atoms with Crippen molar-refractivity contribution >= 4 is 5.91 Å². The fourth-order valence-corrected chi connectivity index (χ4v) is 1.88. The van der Waals surface area contributed by atoms with Gasteiger partial charge in [0.05, 0.1) is 12.2 Å². The van der Waals surface area contributed by atoms with Gasteiger partial charge in [-0.25, -0.2) is 0 Å². The van der Waals surface area contributed by atoms with Crippen LogP contribution in [0.1, 0.15) is 33.1 Å². The minimum absolute atomic E-state index is 0.104. The Morgan fingerprint density at radius 3 is 2.81 bits per heavy atom. The Morgan fingerprint density at radius 2 is 2.38 bits per heavy atom. The van der Waals surface area contributed by atoms with Gasteiger partial charge in [-0.1, -0.05) is 6.92 Å². The topological polar surface area (TPSA) is 53.3 Å². The second kappa shape index (κ2) is 5.31. The first-order chi connectivity index (χ1) is 7.53. The molecule has 0 radical (unpaired) electrons. The number of rotatable bonds is 4. The molecule has 0 aromatic rings. The van der Waals surface area contributed by atoms with Gasteiger partial charge < -0.3 is 9.64 Å². The van der Waals surface area contributed by atoms with Crippen molar-refractivity contribution in [2.45, 2.75) is 39.2 Å². The number of hydrogen-bond donors (Lipinski definition) is 0. The number of carbonyl (C=O) groups excluding carboxylic acids is 1. The van der Waals surface area contributed by atoms with E-state index in [2.05, 4.69) is 6.07 Å². The van der Waals surface area contributed by atoms with Gasteiger partial charge in [-0.15, -0.1) is 0 Å². The number of nitrogens with zero attached hydrogens (tertiary/aromatic N) is 2. The molecule has 0 aromatic heterocycles. The van der Waals surface area contributed by atoms with Gasteiger partial charge in [-0.2, -0.15) is 5.26 Å². The van der Waals surface area contributed by atoms with Crippen LogP contribution in [0.2, 0.25) is 0 Å². The maximum atomic E-state index is 12.1. The van der Waals surface area contributed by atoms with E-state index >= 15 is 0 Å². The van der Waals surface area contributed by atoms with E-state index in [-0.39, 0.29) is 12.0 Å². The standard InChI is InChI=1S/C12H20N2O2/c1-4-12(2,9-13)11(15)14(3)8-10-6-5-7-16-10/h10H,4-8H2,1-3H3. The predicted octanol–water partition coefficient (Wildman–Crippen LogP) is 1.56. The summed E-state index contributed by atoms with van der Waals surface area (Å²) in [7, 11) is 1.75. The first-order valence-electron chi connectivity index (χ1n) is 5.82. The highest BCUT2D eigenvalue weighted by Crippen LogP contribution is 2.23. The Kier molecular flexibility index (Phi) is 4.31. The van der Waals surface area contributed by atoms with Crippen LogP contribution in [0.25, 0.3) is 0 Å². The molecule has 1 amide bonds. The zero-order chi connectivity index (χ0) is 12.2. The lowest BCUT2D eigenvalue weighted by molar-refractivity contribution is -0.138. The van der Waals surface area contributed by atoms with Crippen molar-refractivity contribution < 1.29 is 9.53 Å². The summed E-state index contributed by atoms with van der Waals surface area (Å²) in [5.74, 6) is -0.104. The summed E-state index contributed by atoms with van der Waals surface area (Å²) in [6.45, 7) is 4.94. The van der Waals surface area contributed by atoms with Crippen LogP contribution in [0, 0.1) is 16.7 Å². The molecule has 0 N–H and O–H groups in total. The minimum atomic E-state index is -0.895. The molecule has 0 saturated carbocycles. The van der Waals surface area contributed by atoms with Gasteiger partial charge in [-0.3, -0.25) is 4.79 Å². The van der Waals surface area contributed by atoms with Crippen LogP contribution in [0.5, 0.6) is 0 Å². The Bertz CT molecular complexity index is 292. The van der Waals surface area contributed by atoms with E-state index in [9.17, 15) is 4.79 Å². The molecule has 1 fully saturated rings. The number of amides is 1. The van der Waals surface area contributed by atoms with Gasteiger partial charge in [0.15, 0.2) is 0 Å². The van der Waals surface area contributed by atoms with Gasteiger partial charge in [0, 0.05) is 20.2 Å². The summed E-state index contributed by atoms with van der Waals surface area (Å²) in [5.41, 5.74) is -0.895. The van der Waals surface area contributed by atoms with Crippen molar-refractivity contribution in [2.24, 2.45) is 5.41 Å². The molecule has 1 saturated heterocycles. The van der Waals surface area contributed by atoms with Gasteiger partial charge in [-0.05, 0) is 26.2 Å². The van der Waals surface area contributed by atoms with Crippen LogP contribution < -0.4 is 0 Å².